The van der Waals surface area contributed by atoms with Gasteiger partial charge in [-0.1, -0.05) is 12.1 Å². The van der Waals surface area contributed by atoms with Crippen molar-refractivity contribution in [1.82, 2.24) is 24.6 Å². The van der Waals surface area contributed by atoms with E-state index < -0.39 is 12.6 Å². The molecule has 3 aromatic rings. The van der Waals surface area contributed by atoms with Gasteiger partial charge in [0.05, 0.1) is 6.42 Å². The molecule has 0 spiro atoms. The highest BCUT2D eigenvalue weighted by atomic mass is 19.4. The van der Waals surface area contributed by atoms with Gasteiger partial charge in [0, 0.05) is 36.7 Å². The lowest BCUT2D eigenvalue weighted by Crippen LogP contribution is -2.39. The van der Waals surface area contributed by atoms with Crippen LogP contribution in [0.4, 0.5) is 19.0 Å². The zero-order valence-electron chi connectivity index (χ0n) is 17.1. The fraction of sp³-hybridized carbons (Fsp3) is 0.429. The third-order valence-electron chi connectivity index (χ3n) is 5.61. The van der Waals surface area contributed by atoms with Gasteiger partial charge in [-0.25, -0.2) is 4.98 Å². The van der Waals surface area contributed by atoms with Crippen LogP contribution in [0.2, 0.25) is 0 Å². The third-order valence-corrected chi connectivity index (χ3v) is 5.61. The molecule has 1 aliphatic rings. The molecule has 31 heavy (non-hydrogen) atoms. The van der Waals surface area contributed by atoms with Crippen molar-refractivity contribution in [3.05, 3.63) is 36.8 Å². The molecule has 7 nitrogen and oxygen atoms in total. The van der Waals surface area contributed by atoms with Gasteiger partial charge in [-0.2, -0.15) is 13.2 Å². The summed E-state index contributed by atoms with van der Waals surface area (Å²) in [6.45, 7) is 0.957. The highest BCUT2D eigenvalue weighted by molar-refractivity contribution is 5.94. The van der Waals surface area contributed by atoms with Crippen LogP contribution < -0.4 is 5.32 Å². The maximum absolute atomic E-state index is 12.7. The standard InChI is InChI=1S/C21H23F3N6O/c1-29-13-26-28-19(29)15-2-3-16-12-25-18(11-17(16)10-15)27-20(31)14-4-7-30(8-5-14)9-6-21(22,23)24/h2-3,10-14H,4-9H2,1H3,(H,25,27,31). The van der Waals surface area contributed by atoms with E-state index in [2.05, 4.69) is 20.5 Å². The lowest BCUT2D eigenvalue weighted by Gasteiger charge is -2.31. The third kappa shape index (κ3) is 5.19. The first kappa shape index (κ1) is 21.2. The lowest BCUT2D eigenvalue weighted by atomic mass is 9.95. The average Bonchev–Trinajstić information content (AvgIpc) is 3.17. The number of fused-ring (bicyclic) bond motifs is 1. The predicted molar refractivity (Wildman–Crippen MR) is 110 cm³/mol. The minimum atomic E-state index is -4.15. The molecule has 0 atom stereocenters. The first-order valence-corrected chi connectivity index (χ1v) is 10.1. The maximum Gasteiger partial charge on any atom is 0.390 e. The molecular formula is C21H23F3N6O. The fourth-order valence-corrected chi connectivity index (χ4v) is 3.82. The summed E-state index contributed by atoms with van der Waals surface area (Å²) >= 11 is 0. The van der Waals surface area contributed by atoms with Gasteiger partial charge in [0.25, 0.3) is 0 Å². The Labute approximate surface area is 177 Å². The number of carbonyl (C=O) groups is 1. The quantitative estimate of drug-likeness (QED) is 0.666. The molecule has 0 aliphatic carbocycles. The lowest BCUT2D eigenvalue weighted by molar-refractivity contribution is -0.139. The van der Waals surface area contributed by atoms with E-state index in [1.165, 1.54) is 0 Å². The van der Waals surface area contributed by atoms with E-state index in [4.69, 9.17) is 0 Å². The summed E-state index contributed by atoms with van der Waals surface area (Å²) in [5.41, 5.74) is 0.905. The second-order valence-corrected chi connectivity index (χ2v) is 7.87. The van der Waals surface area contributed by atoms with Crippen LogP contribution in [0.3, 0.4) is 0 Å². The van der Waals surface area contributed by atoms with Gasteiger partial charge in [-0.05, 0) is 43.5 Å². The van der Waals surface area contributed by atoms with Crippen molar-refractivity contribution < 1.29 is 18.0 Å². The minimum Gasteiger partial charge on any atom is -0.317 e. The molecule has 0 unspecified atom stereocenters. The molecule has 10 heteroatoms. The van der Waals surface area contributed by atoms with E-state index in [1.807, 2.05) is 35.9 Å². The number of rotatable bonds is 5. The number of aryl methyl sites for hydroxylation is 1. The second-order valence-electron chi connectivity index (χ2n) is 7.87. The van der Waals surface area contributed by atoms with E-state index >= 15 is 0 Å². The Kier molecular flexibility index (Phi) is 5.90. The van der Waals surface area contributed by atoms with Gasteiger partial charge in [0.2, 0.25) is 5.91 Å². The first-order valence-electron chi connectivity index (χ1n) is 10.1. The van der Waals surface area contributed by atoms with Gasteiger partial charge < -0.3 is 14.8 Å². The molecule has 164 valence electrons. The molecule has 4 rings (SSSR count). The van der Waals surface area contributed by atoms with E-state index in [-0.39, 0.29) is 18.4 Å². The molecule has 1 aromatic carbocycles. The minimum absolute atomic E-state index is 0.0159. The highest BCUT2D eigenvalue weighted by Gasteiger charge is 2.30. The van der Waals surface area contributed by atoms with Crippen LogP contribution in [-0.4, -0.2) is 56.4 Å². The number of alkyl halides is 3. The van der Waals surface area contributed by atoms with Crippen LogP contribution in [0.25, 0.3) is 22.2 Å². The van der Waals surface area contributed by atoms with E-state index in [0.717, 1.165) is 22.2 Å². The van der Waals surface area contributed by atoms with Crippen molar-refractivity contribution >= 4 is 22.5 Å². The Morgan fingerprint density at radius 3 is 2.65 bits per heavy atom. The topological polar surface area (TPSA) is 75.9 Å². The molecular weight excluding hydrogens is 409 g/mol. The molecule has 0 saturated carbocycles. The van der Waals surface area contributed by atoms with Gasteiger partial charge in [0.1, 0.15) is 12.1 Å². The highest BCUT2D eigenvalue weighted by Crippen LogP contribution is 2.26. The van der Waals surface area contributed by atoms with Crippen LogP contribution in [0.5, 0.6) is 0 Å². The summed E-state index contributed by atoms with van der Waals surface area (Å²) in [5.74, 6) is 0.810. The predicted octanol–water partition coefficient (Wildman–Crippen LogP) is 3.63. The zero-order valence-corrected chi connectivity index (χ0v) is 17.1. The SMILES string of the molecule is Cn1cnnc1-c1ccc2cnc(NC(=O)C3CCN(CCC(F)(F)F)CC3)cc2c1. The van der Waals surface area contributed by atoms with Crippen molar-refractivity contribution in [2.24, 2.45) is 13.0 Å². The Morgan fingerprint density at radius 1 is 1.19 bits per heavy atom. The van der Waals surface area contributed by atoms with Crippen molar-refractivity contribution in [1.29, 1.82) is 0 Å². The molecule has 0 bridgehead atoms. The Balaban J connectivity index is 1.39. The summed E-state index contributed by atoms with van der Waals surface area (Å²) in [7, 11) is 1.87. The van der Waals surface area contributed by atoms with Crippen molar-refractivity contribution in [3.63, 3.8) is 0 Å². The molecule has 3 heterocycles. The number of benzene rings is 1. The van der Waals surface area contributed by atoms with Crippen LogP contribution in [0, 0.1) is 5.92 Å². The number of aromatic nitrogens is 4. The van der Waals surface area contributed by atoms with E-state index in [9.17, 15) is 18.0 Å². The smallest absolute Gasteiger partial charge is 0.317 e. The van der Waals surface area contributed by atoms with Crippen molar-refractivity contribution in [2.45, 2.75) is 25.4 Å². The van der Waals surface area contributed by atoms with Gasteiger partial charge in [-0.3, -0.25) is 4.79 Å². The number of piperidine rings is 1. The van der Waals surface area contributed by atoms with Crippen molar-refractivity contribution in [3.8, 4) is 11.4 Å². The van der Waals surface area contributed by atoms with Gasteiger partial charge in [-0.15, -0.1) is 10.2 Å². The summed E-state index contributed by atoms with van der Waals surface area (Å²) in [4.78, 5) is 18.7. The Morgan fingerprint density at radius 2 is 1.97 bits per heavy atom. The van der Waals surface area contributed by atoms with Crippen molar-refractivity contribution in [2.75, 3.05) is 25.0 Å². The van der Waals surface area contributed by atoms with E-state index in [1.54, 1.807) is 17.4 Å². The molecule has 1 saturated heterocycles. The number of hydrogen-bond donors (Lipinski definition) is 1. The molecule has 1 N–H and O–H groups in total. The zero-order chi connectivity index (χ0) is 22.0. The number of pyridine rings is 1. The van der Waals surface area contributed by atoms with Gasteiger partial charge >= 0.3 is 6.18 Å². The van der Waals surface area contributed by atoms with Crippen LogP contribution >= 0.6 is 0 Å². The number of hydrogen-bond acceptors (Lipinski definition) is 5. The second kappa shape index (κ2) is 8.62. The molecule has 2 aromatic heterocycles. The normalized spacial score (nSPS) is 16.0. The number of halogens is 3. The number of nitrogens with one attached hydrogen (secondary N) is 1. The first-order chi connectivity index (χ1) is 14.8. The van der Waals surface area contributed by atoms with Gasteiger partial charge in [0.15, 0.2) is 5.82 Å². The number of likely N-dealkylation sites (tertiary alicyclic amines) is 1. The number of anilines is 1. The van der Waals surface area contributed by atoms with Crippen LogP contribution in [0.15, 0.2) is 36.8 Å². The number of carbonyl (C=O) groups excluding carboxylic acids is 1. The summed E-state index contributed by atoms with van der Waals surface area (Å²) in [6.07, 6.45) is -0.567. The molecule has 0 radical (unpaired) electrons. The summed E-state index contributed by atoms with van der Waals surface area (Å²) in [6, 6.07) is 7.66. The van der Waals surface area contributed by atoms with E-state index in [0.29, 0.717) is 31.7 Å². The average molecular weight is 432 g/mol. The Hall–Kier alpha value is -3.01. The molecule has 1 fully saturated rings. The summed E-state index contributed by atoms with van der Waals surface area (Å²) < 4.78 is 39.0. The fourth-order valence-electron chi connectivity index (χ4n) is 3.82. The van der Waals surface area contributed by atoms with Crippen LogP contribution in [-0.2, 0) is 11.8 Å². The largest absolute Gasteiger partial charge is 0.390 e. The monoisotopic (exact) mass is 432 g/mol. The van der Waals surface area contributed by atoms with Crippen LogP contribution in [0.1, 0.15) is 19.3 Å². The molecule has 1 amide bonds. The number of amides is 1. The summed E-state index contributed by atoms with van der Waals surface area (Å²) in [5, 5.41) is 12.7. The molecule has 1 aliphatic heterocycles. The Bertz CT molecular complexity index is 1070. The number of nitrogens with zero attached hydrogens (tertiary/aromatic N) is 5. The maximum atomic E-state index is 12.7.